The minimum atomic E-state index is -1.36. The Balaban J connectivity index is 0.00000368. The van der Waals surface area contributed by atoms with Gasteiger partial charge in [0.25, 0.3) is 0 Å². The van der Waals surface area contributed by atoms with E-state index in [0.29, 0.717) is 22.7 Å². The molecule has 2 amide bonds. The molecule has 4 rings (SSSR count). The van der Waals surface area contributed by atoms with Gasteiger partial charge in [0.1, 0.15) is 0 Å². The van der Waals surface area contributed by atoms with Crippen molar-refractivity contribution < 1.29 is 98.7 Å². The average Bonchev–Trinajstić information content (AvgIpc) is 3.00. The van der Waals surface area contributed by atoms with E-state index in [1.54, 1.807) is 48.5 Å². The molecule has 0 saturated heterocycles. The molecule has 0 fully saturated rings. The van der Waals surface area contributed by atoms with Crippen molar-refractivity contribution in [3.05, 3.63) is 108 Å². The molecule has 0 heterocycles. The molecule has 0 atom stereocenters. The molecule has 0 aromatic heterocycles. The normalized spacial score (nSPS) is 10.7. The third-order valence-corrected chi connectivity index (χ3v) is 5.60. The Labute approximate surface area is 305 Å². The zero-order chi connectivity index (χ0) is 31.6. The molecule has 0 aliphatic heterocycles. The topological polar surface area (TPSA) is 228 Å². The number of rotatable bonds is 10. The first-order valence-electron chi connectivity index (χ1n) is 12.5. The van der Waals surface area contributed by atoms with E-state index in [1.165, 1.54) is 12.1 Å². The Morgan fingerprint density at radius 3 is 1.15 bits per heavy atom. The molecule has 0 saturated carbocycles. The first kappa shape index (κ1) is 37.5. The van der Waals surface area contributed by atoms with Crippen LogP contribution >= 0.6 is 0 Å². The maximum atomic E-state index is 12.2. The number of anilines is 2. The van der Waals surface area contributed by atoms with Gasteiger partial charge in [0.05, 0.1) is 33.9 Å². The van der Waals surface area contributed by atoms with Gasteiger partial charge in [-0.2, -0.15) is 20.5 Å². The summed E-state index contributed by atoms with van der Waals surface area (Å²) in [5, 5.41) is 62.1. The first-order chi connectivity index (χ1) is 21.1. The van der Waals surface area contributed by atoms with Gasteiger partial charge in [0, 0.05) is 23.5 Å². The van der Waals surface area contributed by atoms with Crippen LogP contribution in [0.4, 0.5) is 34.1 Å². The molecule has 46 heavy (non-hydrogen) atoms. The summed E-state index contributed by atoms with van der Waals surface area (Å²) in [6.45, 7) is 0. The van der Waals surface area contributed by atoms with Crippen molar-refractivity contribution in [2.45, 2.75) is 0 Å². The molecule has 0 unspecified atom stereocenters. The number of nitrogens with one attached hydrogen (secondary N) is 2. The van der Waals surface area contributed by atoms with Gasteiger partial charge in [0.15, 0.2) is 0 Å². The van der Waals surface area contributed by atoms with Crippen molar-refractivity contribution in [1.29, 1.82) is 0 Å². The molecule has 4 aromatic carbocycles. The van der Waals surface area contributed by atoms with E-state index in [2.05, 4.69) is 31.1 Å². The number of amides is 2. The Hall–Kier alpha value is -4.70. The number of nitrogens with zero attached hydrogens (tertiary/aromatic N) is 4. The van der Waals surface area contributed by atoms with Crippen molar-refractivity contribution in [3.8, 4) is 11.5 Å². The number of hydrogen-bond acceptors (Lipinski definition) is 10. The largest absolute Gasteiger partial charge is 1.00 e. The SMILES string of the molecule is O=C(C=CC(=O)Nc1ccc(N=Nc2ccc([O-])c(C(=O)O)c2)cc1)Nc1ccc(N=Nc2ccc([O-])c(C(=O)O)c2)cc1.[Na+].[Na+]. The van der Waals surface area contributed by atoms with Crippen LogP contribution in [-0.4, -0.2) is 34.0 Å². The second kappa shape index (κ2) is 17.7. The van der Waals surface area contributed by atoms with Crippen LogP contribution in [0, 0.1) is 0 Å². The predicted molar refractivity (Wildman–Crippen MR) is 153 cm³/mol. The van der Waals surface area contributed by atoms with Crippen LogP contribution in [-0.2, 0) is 9.59 Å². The van der Waals surface area contributed by atoms with Crippen molar-refractivity contribution in [2.75, 3.05) is 10.6 Å². The summed E-state index contributed by atoms with van der Waals surface area (Å²) in [5.41, 5.74) is 1.17. The fourth-order valence-corrected chi connectivity index (χ4v) is 3.47. The van der Waals surface area contributed by atoms with E-state index in [4.69, 9.17) is 10.2 Å². The van der Waals surface area contributed by atoms with E-state index in [0.717, 1.165) is 36.4 Å². The summed E-state index contributed by atoms with van der Waals surface area (Å²) in [5.74, 6) is -5.13. The summed E-state index contributed by atoms with van der Waals surface area (Å²) in [7, 11) is 0. The second-order valence-corrected chi connectivity index (χ2v) is 8.78. The molecule has 0 aliphatic rings. The van der Waals surface area contributed by atoms with E-state index in [-0.39, 0.29) is 70.5 Å². The van der Waals surface area contributed by atoms with E-state index < -0.39 is 46.4 Å². The molecule has 0 bridgehead atoms. The molecule has 0 radical (unpaired) electrons. The van der Waals surface area contributed by atoms with Crippen molar-refractivity contribution >= 4 is 57.9 Å². The molecular formula is C30H20N6Na2O8. The summed E-state index contributed by atoms with van der Waals surface area (Å²) < 4.78 is 0. The Bertz CT molecular complexity index is 1700. The number of carbonyl (C=O) groups is 4. The number of azo groups is 2. The third kappa shape index (κ3) is 11.0. The predicted octanol–water partition coefficient (Wildman–Crippen LogP) is -0.798. The maximum Gasteiger partial charge on any atom is 1.00 e. The minimum Gasteiger partial charge on any atom is -0.872 e. The van der Waals surface area contributed by atoms with Gasteiger partial charge in [0.2, 0.25) is 11.8 Å². The number of benzene rings is 4. The molecule has 4 aromatic rings. The van der Waals surface area contributed by atoms with Crippen LogP contribution < -0.4 is 80.0 Å². The quantitative estimate of drug-likeness (QED) is 0.0974. The van der Waals surface area contributed by atoms with Crippen LogP contribution in [0.25, 0.3) is 0 Å². The summed E-state index contributed by atoms with van der Waals surface area (Å²) in [4.78, 5) is 46.6. The van der Waals surface area contributed by atoms with Gasteiger partial charge in [-0.1, -0.05) is 23.6 Å². The molecule has 0 spiro atoms. The monoisotopic (exact) mass is 638 g/mol. The maximum absolute atomic E-state index is 12.2. The summed E-state index contributed by atoms with van der Waals surface area (Å²) >= 11 is 0. The van der Waals surface area contributed by atoms with E-state index in [1.807, 2.05) is 0 Å². The van der Waals surface area contributed by atoms with Crippen LogP contribution in [0.3, 0.4) is 0 Å². The molecule has 220 valence electrons. The Kier molecular flexibility index (Phi) is 14.4. The smallest absolute Gasteiger partial charge is 0.872 e. The summed E-state index contributed by atoms with van der Waals surface area (Å²) in [6.07, 6.45) is 2.09. The first-order valence-corrected chi connectivity index (χ1v) is 12.5. The Morgan fingerprint density at radius 2 is 0.826 bits per heavy atom. The number of hydrogen-bond donors (Lipinski definition) is 4. The van der Waals surface area contributed by atoms with Gasteiger partial charge in [-0.25, -0.2) is 9.59 Å². The van der Waals surface area contributed by atoms with Crippen LogP contribution in [0.1, 0.15) is 20.7 Å². The fourth-order valence-electron chi connectivity index (χ4n) is 3.47. The van der Waals surface area contributed by atoms with Gasteiger partial charge in [-0.05, 0) is 72.8 Å². The van der Waals surface area contributed by atoms with Gasteiger partial charge >= 0.3 is 71.1 Å². The molecule has 16 heteroatoms. The zero-order valence-electron chi connectivity index (χ0n) is 24.4. The average molecular weight is 639 g/mol. The van der Waals surface area contributed by atoms with Gasteiger partial charge < -0.3 is 31.1 Å². The van der Waals surface area contributed by atoms with E-state index >= 15 is 0 Å². The van der Waals surface area contributed by atoms with Crippen molar-refractivity contribution in [2.24, 2.45) is 20.5 Å². The molecule has 0 aliphatic carbocycles. The van der Waals surface area contributed by atoms with Crippen LogP contribution in [0.2, 0.25) is 0 Å². The van der Waals surface area contributed by atoms with Crippen molar-refractivity contribution in [3.63, 3.8) is 0 Å². The summed E-state index contributed by atoms with van der Waals surface area (Å²) in [6, 6.07) is 19.5. The number of carbonyl (C=O) groups excluding carboxylic acids is 2. The number of carboxylic acid groups (broad SMARTS) is 2. The Morgan fingerprint density at radius 1 is 0.522 bits per heavy atom. The van der Waals surface area contributed by atoms with E-state index in [9.17, 15) is 29.4 Å². The number of carboxylic acids is 2. The van der Waals surface area contributed by atoms with Crippen LogP contribution in [0.5, 0.6) is 11.5 Å². The van der Waals surface area contributed by atoms with Crippen LogP contribution in [0.15, 0.2) is 118 Å². The van der Waals surface area contributed by atoms with Gasteiger partial charge in [-0.15, -0.1) is 0 Å². The minimum absolute atomic E-state index is 0. The fraction of sp³-hybridized carbons (Fsp3) is 0. The molecule has 4 N–H and O–H groups in total. The number of aromatic carboxylic acids is 2. The third-order valence-electron chi connectivity index (χ3n) is 5.60. The molecular weight excluding hydrogens is 618 g/mol. The van der Waals surface area contributed by atoms with Crippen molar-refractivity contribution in [1.82, 2.24) is 0 Å². The zero-order valence-corrected chi connectivity index (χ0v) is 28.4. The second-order valence-electron chi connectivity index (χ2n) is 8.78. The molecule has 14 nitrogen and oxygen atoms in total. The van der Waals surface area contributed by atoms with Gasteiger partial charge in [-0.3, -0.25) is 9.59 Å². The standard InChI is InChI=1S/C30H22N6O8.2Na/c37-25-11-9-21(15-23(25)29(41)42)35-33-19-5-1-17(2-6-19)31-27(39)13-14-28(40)32-18-3-7-20(8-4-18)34-36-22-10-12-26(38)24(16-22)30(43)44;;/h1-16,37-38H,(H,31,39)(H,32,40)(H,41,42)(H,43,44);;/q;2*+1/p-2.